The highest BCUT2D eigenvalue weighted by Gasteiger charge is 2.09. The van der Waals surface area contributed by atoms with E-state index < -0.39 is 0 Å². The first-order chi connectivity index (χ1) is 9.61. The van der Waals surface area contributed by atoms with Crippen LogP contribution in [-0.4, -0.2) is 17.7 Å². The second-order valence-corrected chi connectivity index (χ2v) is 4.53. The topological polar surface area (TPSA) is 51.3 Å². The number of aromatic nitrogens is 1. The Morgan fingerprint density at radius 1 is 1.25 bits per heavy atom. The van der Waals surface area contributed by atoms with Crippen molar-refractivity contribution in [1.29, 1.82) is 0 Å². The Balaban J connectivity index is 2.14. The molecule has 0 fully saturated rings. The van der Waals surface area contributed by atoms with Gasteiger partial charge in [-0.1, -0.05) is 12.1 Å². The highest BCUT2D eigenvalue weighted by molar-refractivity contribution is 5.47. The molecule has 5 heteroatoms. The van der Waals surface area contributed by atoms with Crippen molar-refractivity contribution in [3.05, 3.63) is 58.8 Å². The minimum absolute atomic E-state index is 0.108. The van der Waals surface area contributed by atoms with Gasteiger partial charge in [0.05, 0.1) is 5.69 Å². The molecule has 0 bridgehead atoms. The molecule has 0 amide bonds. The minimum atomic E-state index is -0.255. The Morgan fingerprint density at radius 3 is 2.70 bits per heavy atom. The van der Waals surface area contributed by atoms with E-state index in [1.54, 1.807) is 35.0 Å². The maximum atomic E-state index is 13.8. The molecule has 0 unspecified atom stereocenters. The summed E-state index contributed by atoms with van der Waals surface area (Å²) in [7, 11) is 0. The summed E-state index contributed by atoms with van der Waals surface area (Å²) >= 11 is 0. The third-order valence-corrected chi connectivity index (χ3v) is 3.19. The third kappa shape index (κ3) is 3.17. The van der Waals surface area contributed by atoms with E-state index in [4.69, 9.17) is 5.73 Å². The molecule has 0 aliphatic heterocycles. The number of hydrogen-bond donors (Lipinski definition) is 1. The van der Waals surface area contributed by atoms with Gasteiger partial charge in [-0.05, 0) is 25.1 Å². The fourth-order valence-corrected chi connectivity index (χ4v) is 2.11. The molecular formula is C15H18FN3O. The van der Waals surface area contributed by atoms with Crippen molar-refractivity contribution in [2.45, 2.75) is 13.5 Å². The Bertz CT molecular complexity index is 639. The molecule has 0 aliphatic carbocycles. The van der Waals surface area contributed by atoms with Crippen LogP contribution in [0.4, 0.5) is 15.8 Å². The van der Waals surface area contributed by atoms with Gasteiger partial charge in [0.2, 0.25) is 0 Å². The molecule has 0 saturated heterocycles. The first-order valence-corrected chi connectivity index (χ1v) is 6.57. The van der Waals surface area contributed by atoms with Gasteiger partial charge in [0, 0.05) is 37.6 Å². The highest BCUT2D eigenvalue weighted by atomic mass is 19.1. The molecule has 0 aliphatic rings. The Morgan fingerprint density at radius 2 is 2.00 bits per heavy atom. The number of rotatable bonds is 5. The van der Waals surface area contributed by atoms with Crippen molar-refractivity contribution in [1.82, 2.24) is 4.57 Å². The lowest BCUT2D eigenvalue weighted by Crippen LogP contribution is -2.31. The van der Waals surface area contributed by atoms with Gasteiger partial charge in [-0.15, -0.1) is 0 Å². The van der Waals surface area contributed by atoms with Crippen LogP contribution in [0.3, 0.4) is 0 Å². The maximum Gasteiger partial charge on any atom is 0.250 e. The van der Waals surface area contributed by atoms with Gasteiger partial charge in [-0.25, -0.2) is 4.39 Å². The van der Waals surface area contributed by atoms with Crippen LogP contribution in [0.5, 0.6) is 0 Å². The number of pyridine rings is 1. The summed E-state index contributed by atoms with van der Waals surface area (Å²) in [4.78, 5) is 13.6. The smallest absolute Gasteiger partial charge is 0.250 e. The highest BCUT2D eigenvalue weighted by Crippen LogP contribution is 2.18. The fourth-order valence-electron chi connectivity index (χ4n) is 2.11. The van der Waals surface area contributed by atoms with E-state index in [0.717, 1.165) is 0 Å². The van der Waals surface area contributed by atoms with E-state index in [1.165, 1.54) is 12.1 Å². The number of para-hydroxylation sites is 1. The second-order valence-electron chi connectivity index (χ2n) is 4.53. The van der Waals surface area contributed by atoms with Gasteiger partial charge < -0.3 is 15.2 Å². The van der Waals surface area contributed by atoms with E-state index in [0.29, 0.717) is 31.0 Å². The number of halogens is 1. The van der Waals surface area contributed by atoms with Crippen molar-refractivity contribution in [3.8, 4) is 0 Å². The fraction of sp³-hybridized carbons (Fsp3) is 0.267. The van der Waals surface area contributed by atoms with Crippen LogP contribution < -0.4 is 16.2 Å². The summed E-state index contributed by atoms with van der Waals surface area (Å²) < 4.78 is 15.3. The van der Waals surface area contributed by atoms with E-state index in [2.05, 4.69) is 0 Å². The summed E-state index contributed by atoms with van der Waals surface area (Å²) in [6, 6.07) is 9.65. The normalized spacial score (nSPS) is 10.5. The summed E-state index contributed by atoms with van der Waals surface area (Å²) in [5.74, 6) is -0.255. The molecule has 2 N–H and O–H groups in total. The van der Waals surface area contributed by atoms with E-state index >= 15 is 0 Å². The maximum absolute atomic E-state index is 13.8. The summed E-state index contributed by atoms with van der Waals surface area (Å²) in [5, 5.41) is 0. The third-order valence-electron chi connectivity index (χ3n) is 3.19. The standard InChI is InChI=1S/C15H18FN3O/c1-2-18(14-6-4-3-5-13(14)16)9-10-19-11-12(17)7-8-15(19)20/h3-8,11H,2,9-10,17H2,1H3. The lowest BCUT2D eigenvalue weighted by molar-refractivity contribution is 0.601. The van der Waals surface area contributed by atoms with Gasteiger partial charge in [0.1, 0.15) is 5.82 Å². The van der Waals surface area contributed by atoms with Crippen LogP contribution in [0.25, 0.3) is 0 Å². The first-order valence-electron chi connectivity index (χ1n) is 6.57. The van der Waals surface area contributed by atoms with Crippen LogP contribution in [-0.2, 0) is 6.54 Å². The molecule has 1 aromatic carbocycles. The molecule has 4 nitrogen and oxygen atoms in total. The summed E-state index contributed by atoms with van der Waals surface area (Å²) in [6.45, 7) is 3.62. The van der Waals surface area contributed by atoms with Gasteiger partial charge in [0.25, 0.3) is 5.56 Å². The monoisotopic (exact) mass is 275 g/mol. The second kappa shape index (κ2) is 6.23. The van der Waals surface area contributed by atoms with Crippen molar-refractivity contribution in [3.63, 3.8) is 0 Å². The molecule has 1 aromatic heterocycles. The molecular weight excluding hydrogens is 257 g/mol. The van der Waals surface area contributed by atoms with Crippen molar-refractivity contribution in [2.24, 2.45) is 0 Å². The van der Waals surface area contributed by atoms with Crippen LogP contribution in [0.1, 0.15) is 6.92 Å². The number of likely N-dealkylation sites (N-methyl/N-ethyl adjacent to an activating group) is 1. The van der Waals surface area contributed by atoms with E-state index in [-0.39, 0.29) is 11.4 Å². The first kappa shape index (κ1) is 14.1. The lowest BCUT2D eigenvalue weighted by Gasteiger charge is -2.24. The van der Waals surface area contributed by atoms with Gasteiger partial charge in [-0.3, -0.25) is 4.79 Å². The number of benzene rings is 1. The van der Waals surface area contributed by atoms with Crippen molar-refractivity contribution >= 4 is 11.4 Å². The molecule has 2 aromatic rings. The molecule has 20 heavy (non-hydrogen) atoms. The zero-order valence-electron chi connectivity index (χ0n) is 11.4. The van der Waals surface area contributed by atoms with Crippen LogP contribution in [0.15, 0.2) is 47.4 Å². The van der Waals surface area contributed by atoms with E-state index in [9.17, 15) is 9.18 Å². The van der Waals surface area contributed by atoms with E-state index in [1.807, 2.05) is 11.8 Å². The number of nitrogen functional groups attached to an aromatic ring is 1. The molecule has 0 saturated carbocycles. The zero-order chi connectivity index (χ0) is 14.5. The molecule has 2 rings (SSSR count). The molecule has 0 radical (unpaired) electrons. The van der Waals surface area contributed by atoms with Crippen molar-refractivity contribution in [2.75, 3.05) is 23.7 Å². The lowest BCUT2D eigenvalue weighted by atomic mass is 10.2. The Kier molecular flexibility index (Phi) is 4.40. The average Bonchev–Trinajstić information content (AvgIpc) is 2.45. The van der Waals surface area contributed by atoms with Crippen LogP contribution in [0.2, 0.25) is 0 Å². The average molecular weight is 275 g/mol. The largest absolute Gasteiger partial charge is 0.398 e. The molecule has 106 valence electrons. The zero-order valence-corrected chi connectivity index (χ0v) is 11.4. The predicted octanol–water partition coefficient (Wildman–Crippen LogP) is 2.10. The number of nitrogens with two attached hydrogens (primary N) is 1. The Hall–Kier alpha value is -2.30. The predicted molar refractivity (Wildman–Crippen MR) is 79.4 cm³/mol. The number of nitrogens with zero attached hydrogens (tertiary/aromatic N) is 2. The number of hydrogen-bond acceptors (Lipinski definition) is 3. The molecule has 0 atom stereocenters. The van der Waals surface area contributed by atoms with Gasteiger partial charge in [-0.2, -0.15) is 0 Å². The molecule has 1 heterocycles. The van der Waals surface area contributed by atoms with Gasteiger partial charge >= 0.3 is 0 Å². The summed E-state index contributed by atoms with van der Waals surface area (Å²) in [5.41, 5.74) is 6.65. The number of anilines is 2. The van der Waals surface area contributed by atoms with Crippen LogP contribution in [0, 0.1) is 5.82 Å². The SMILES string of the molecule is CCN(CCn1cc(N)ccc1=O)c1ccccc1F. The summed E-state index contributed by atoms with van der Waals surface area (Å²) in [6.07, 6.45) is 1.61. The quantitative estimate of drug-likeness (QED) is 0.909. The van der Waals surface area contributed by atoms with Crippen molar-refractivity contribution < 1.29 is 4.39 Å². The van der Waals surface area contributed by atoms with Crippen LogP contribution >= 0.6 is 0 Å². The molecule has 0 spiro atoms. The Labute approximate surface area is 117 Å². The minimum Gasteiger partial charge on any atom is -0.398 e. The van der Waals surface area contributed by atoms with Gasteiger partial charge in [0.15, 0.2) is 0 Å².